The maximum Gasteiger partial charge on any atom is 0.274 e. The molecule has 1 aromatic heterocycles. The summed E-state index contributed by atoms with van der Waals surface area (Å²) in [6.45, 7) is 3.40. The minimum atomic E-state index is 0.0363. The lowest BCUT2D eigenvalue weighted by atomic mass is 10.1. The summed E-state index contributed by atoms with van der Waals surface area (Å²) in [6, 6.07) is 7.70. The van der Waals surface area contributed by atoms with Crippen LogP contribution in [0.2, 0.25) is 5.02 Å². The van der Waals surface area contributed by atoms with Crippen LogP contribution in [0.1, 0.15) is 35.4 Å². The van der Waals surface area contributed by atoms with Crippen LogP contribution in [-0.4, -0.2) is 46.7 Å². The van der Waals surface area contributed by atoms with Crippen molar-refractivity contribution in [2.75, 3.05) is 26.3 Å². The van der Waals surface area contributed by atoms with Gasteiger partial charge in [-0.25, -0.2) is 4.98 Å². The first-order valence-corrected chi connectivity index (χ1v) is 9.34. The molecule has 2 aromatic rings. The number of carbonyl (C=O) groups excluding carboxylic acids is 1. The Hall–Kier alpha value is -1.85. The third-order valence-electron chi connectivity index (χ3n) is 4.97. The van der Waals surface area contributed by atoms with Gasteiger partial charge in [0.1, 0.15) is 11.5 Å². The molecule has 2 aliphatic heterocycles. The van der Waals surface area contributed by atoms with Crippen LogP contribution in [0, 0.1) is 0 Å². The van der Waals surface area contributed by atoms with E-state index in [1.807, 2.05) is 29.2 Å². The summed E-state index contributed by atoms with van der Waals surface area (Å²) in [5.74, 6) is 0.916. The molecule has 6 heteroatoms. The fourth-order valence-electron chi connectivity index (χ4n) is 3.63. The van der Waals surface area contributed by atoms with Gasteiger partial charge in [0, 0.05) is 30.2 Å². The highest BCUT2D eigenvalue weighted by atomic mass is 35.5. The molecular formula is C19H22ClN3O2. The molecular weight excluding hydrogens is 338 g/mol. The topological polar surface area (TPSA) is 47.4 Å². The van der Waals surface area contributed by atoms with E-state index in [2.05, 4.69) is 4.57 Å². The van der Waals surface area contributed by atoms with Gasteiger partial charge >= 0.3 is 0 Å². The zero-order valence-corrected chi connectivity index (χ0v) is 15.0. The zero-order valence-electron chi connectivity index (χ0n) is 14.2. The van der Waals surface area contributed by atoms with Crippen molar-refractivity contribution in [3.63, 3.8) is 0 Å². The van der Waals surface area contributed by atoms with Gasteiger partial charge in [-0.1, -0.05) is 18.0 Å². The number of aromatic nitrogens is 2. The zero-order chi connectivity index (χ0) is 17.2. The molecule has 3 heterocycles. The SMILES string of the molecule is O=C(c1nc(-c2ccc(Cl)cc2)n2c1CCCCC2)N1CCOCC1. The number of fused-ring (bicyclic) bond motifs is 1. The molecule has 5 nitrogen and oxygen atoms in total. The molecule has 132 valence electrons. The Labute approximate surface area is 152 Å². The van der Waals surface area contributed by atoms with Gasteiger partial charge in [0.15, 0.2) is 0 Å². The third kappa shape index (κ3) is 3.31. The van der Waals surface area contributed by atoms with Crippen LogP contribution in [0.15, 0.2) is 24.3 Å². The highest BCUT2D eigenvalue weighted by molar-refractivity contribution is 6.30. The molecule has 25 heavy (non-hydrogen) atoms. The summed E-state index contributed by atoms with van der Waals surface area (Å²) in [4.78, 5) is 19.7. The first kappa shape index (κ1) is 16.6. The van der Waals surface area contributed by atoms with Crippen LogP contribution < -0.4 is 0 Å². The van der Waals surface area contributed by atoms with E-state index in [0.29, 0.717) is 37.0 Å². The number of rotatable bonds is 2. The molecule has 0 N–H and O–H groups in total. The second-order valence-corrected chi connectivity index (χ2v) is 7.04. The van der Waals surface area contributed by atoms with Crippen LogP contribution in [0.5, 0.6) is 0 Å². The van der Waals surface area contributed by atoms with Gasteiger partial charge in [-0.05, 0) is 43.5 Å². The lowest BCUT2D eigenvalue weighted by Crippen LogP contribution is -2.41. The summed E-state index contributed by atoms with van der Waals surface area (Å²) in [5, 5.41) is 0.705. The number of amides is 1. The number of morpholine rings is 1. The highest BCUT2D eigenvalue weighted by Gasteiger charge is 2.28. The Kier molecular flexibility index (Phi) is 4.77. The van der Waals surface area contributed by atoms with Crippen LogP contribution in [0.25, 0.3) is 11.4 Å². The van der Waals surface area contributed by atoms with E-state index in [1.54, 1.807) is 0 Å². The van der Waals surface area contributed by atoms with Crippen LogP contribution in [-0.2, 0) is 17.7 Å². The molecule has 0 saturated carbocycles. The van der Waals surface area contributed by atoms with Crippen molar-refractivity contribution in [1.82, 2.24) is 14.5 Å². The Morgan fingerprint density at radius 1 is 1.04 bits per heavy atom. The molecule has 1 aromatic carbocycles. The number of halogens is 1. The normalized spacial score (nSPS) is 17.9. The minimum absolute atomic E-state index is 0.0363. The van der Waals surface area contributed by atoms with E-state index in [-0.39, 0.29) is 5.91 Å². The summed E-state index contributed by atoms with van der Waals surface area (Å²) in [7, 11) is 0. The lowest BCUT2D eigenvalue weighted by molar-refractivity contribution is 0.0298. The monoisotopic (exact) mass is 359 g/mol. The van der Waals surface area contributed by atoms with Gasteiger partial charge in [0.25, 0.3) is 5.91 Å². The van der Waals surface area contributed by atoms with Gasteiger partial charge in [-0.3, -0.25) is 4.79 Å². The van der Waals surface area contributed by atoms with Crippen LogP contribution in [0.3, 0.4) is 0 Å². The second-order valence-electron chi connectivity index (χ2n) is 6.60. The van der Waals surface area contributed by atoms with E-state index >= 15 is 0 Å². The molecule has 0 unspecified atom stereocenters. The van der Waals surface area contributed by atoms with E-state index in [1.165, 1.54) is 6.42 Å². The molecule has 0 radical (unpaired) electrons. The molecule has 1 saturated heterocycles. The van der Waals surface area contributed by atoms with E-state index in [0.717, 1.165) is 42.9 Å². The van der Waals surface area contributed by atoms with E-state index < -0.39 is 0 Å². The Morgan fingerprint density at radius 3 is 2.56 bits per heavy atom. The Morgan fingerprint density at radius 2 is 1.80 bits per heavy atom. The molecule has 0 aliphatic carbocycles. The highest BCUT2D eigenvalue weighted by Crippen LogP contribution is 2.28. The summed E-state index contributed by atoms with van der Waals surface area (Å²) >= 11 is 6.03. The molecule has 4 rings (SSSR count). The number of hydrogen-bond donors (Lipinski definition) is 0. The smallest absolute Gasteiger partial charge is 0.274 e. The van der Waals surface area contributed by atoms with Gasteiger partial charge in [-0.2, -0.15) is 0 Å². The standard InChI is InChI=1S/C19H22ClN3O2/c20-15-7-5-14(6-8-15)18-21-17(16-4-2-1-3-9-23(16)18)19(24)22-10-12-25-13-11-22/h5-8H,1-4,9-13H2. The van der Waals surface area contributed by atoms with Crippen LogP contribution >= 0.6 is 11.6 Å². The summed E-state index contributed by atoms with van der Waals surface area (Å²) in [6.07, 6.45) is 4.32. The van der Waals surface area contributed by atoms with Gasteiger partial charge in [0.05, 0.1) is 18.9 Å². The molecule has 0 bridgehead atoms. The van der Waals surface area contributed by atoms with Crippen molar-refractivity contribution in [1.29, 1.82) is 0 Å². The van der Waals surface area contributed by atoms with Crippen molar-refractivity contribution in [3.05, 3.63) is 40.7 Å². The predicted octanol–water partition coefficient (Wildman–Crippen LogP) is 3.40. The van der Waals surface area contributed by atoms with Crippen molar-refractivity contribution in [2.45, 2.75) is 32.2 Å². The lowest BCUT2D eigenvalue weighted by Gasteiger charge is -2.26. The quantitative estimate of drug-likeness (QED) is 0.825. The number of imidazole rings is 1. The van der Waals surface area contributed by atoms with E-state index in [4.69, 9.17) is 21.3 Å². The van der Waals surface area contributed by atoms with Gasteiger partial charge in [0.2, 0.25) is 0 Å². The maximum absolute atomic E-state index is 13.1. The number of hydrogen-bond acceptors (Lipinski definition) is 3. The van der Waals surface area contributed by atoms with Crippen LogP contribution in [0.4, 0.5) is 0 Å². The third-order valence-corrected chi connectivity index (χ3v) is 5.22. The van der Waals surface area contributed by atoms with Crippen molar-refractivity contribution in [2.24, 2.45) is 0 Å². The summed E-state index contributed by atoms with van der Waals surface area (Å²) < 4.78 is 7.61. The molecule has 2 aliphatic rings. The molecule has 0 spiro atoms. The first-order chi connectivity index (χ1) is 12.2. The molecule has 0 atom stereocenters. The van der Waals surface area contributed by atoms with Crippen molar-refractivity contribution >= 4 is 17.5 Å². The fourth-order valence-corrected chi connectivity index (χ4v) is 3.75. The summed E-state index contributed by atoms with van der Waals surface area (Å²) in [5.41, 5.74) is 2.71. The van der Waals surface area contributed by atoms with Gasteiger partial charge in [-0.15, -0.1) is 0 Å². The van der Waals surface area contributed by atoms with E-state index in [9.17, 15) is 4.79 Å². The maximum atomic E-state index is 13.1. The Bertz CT molecular complexity index is 764. The second kappa shape index (κ2) is 7.18. The fraction of sp³-hybridized carbons (Fsp3) is 0.474. The average Bonchev–Trinajstić information content (AvgIpc) is 2.84. The van der Waals surface area contributed by atoms with Gasteiger partial charge < -0.3 is 14.2 Å². The number of carbonyl (C=O) groups is 1. The number of benzene rings is 1. The predicted molar refractivity (Wildman–Crippen MR) is 97.0 cm³/mol. The average molecular weight is 360 g/mol. The number of nitrogens with zero attached hydrogens (tertiary/aromatic N) is 3. The minimum Gasteiger partial charge on any atom is -0.378 e. The Balaban J connectivity index is 1.76. The van der Waals surface area contributed by atoms with Crippen molar-refractivity contribution < 1.29 is 9.53 Å². The largest absolute Gasteiger partial charge is 0.378 e. The number of ether oxygens (including phenoxy) is 1. The first-order valence-electron chi connectivity index (χ1n) is 8.96. The molecule has 1 amide bonds. The van der Waals surface area contributed by atoms with Crippen molar-refractivity contribution in [3.8, 4) is 11.4 Å². The molecule has 1 fully saturated rings.